The molecule has 0 aliphatic rings. The van der Waals surface area contributed by atoms with E-state index in [-0.39, 0.29) is 18.5 Å². The van der Waals surface area contributed by atoms with E-state index in [0.717, 1.165) is 83.5 Å². The molecular formula is C57H107NO5. The van der Waals surface area contributed by atoms with Crippen molar-refractivity contribution >= 4 is 11.9 Å². The van der Waals surface area contributed by atoms with E-state index >= 15 is 0 Å². The normalized spacial score (nSPS) is 12.9. The Balaban J connectivity index is 3.55. The van der Waals surface area contributed by atoms with Crippen LogP contribution in [0.1, 0.15) is 290 Å². The molecule has 6 nitrogen and oxygen atoms in total. The van der Waals surface area contributed by atoms with E-state index in [2.05, 4.69) is 43.5 Å². The van der Waals surface area contributed by atoms with Crippen LogP contribution in [0.3, 0.4) is 0 Å². The first kappa shape index (κ1) is 61.1. The minimum Gasteiger partial charge on any atom is -0.466 e. The van der Waals surface area contributed by atoms with Crippen LogP contribution < -0.4 is 5.32 Å². The van der Waals surface area contributed by atoms with Gasteiger partial charge in [-0.2, -0.15) is 0 Å². The summed E-state index contributed by atoms with van der Waals surface area (Å²) in [5.41, 5.74) is 0. The predicted octanol–water partition coefficient (Wildman–Crippen LogP) is 16.9. The third kappa shape index (κ3) is 49.4. The zero-order valence-corrected chi connectivity index (χ0v) is 42.1. The van der Waals surface area contributed by atoms with Crippen molar-refractivity contribution in [2.24, 2.45) is 0 Å². The minimum atomic E-state index is -0.864. The third-order valence-electron chi connectivity index (χ3n) is 12.6. The van der Waals surface area contributed by atoms with Crippen LogP contribution in [0.15, 0.2) is 36.5 Å². The molecule has 6 heteroatoms. The van der Waals surface area contributed by atoms with Crippen molar-refractivity contribution < 1.29 is 24.5 Å². The average Bonchev–Trinajstić information content (AvgIpc) is 3.28. The van der Waals surface area contributed by atoms with Gasteiger partial charge in [-0.25, -0.2) is 0 Å². The number of hydrogen-bond donors (Lipinski definition) is 3. The van der Waals surface area contributed by atoms with Crippen LogP contribution in [0.5, 0.6) is 0 Å². The minimum absolute atomic E-state index is 0.0440. The van der Waals surface area contributed by atoms with Crippen LogP contribution in [0.25, 0.3) is 0 Å². The van der Waals surface area contributed by atoms with E-state index in [9.17, 15) is 19.8 Å². The number of carbonyl (C=O) groups is 2. The van der Waals surface area contributed by atoms with Gasteiger partial charge >= 0.3 is 5.97 Å². The Labute approximate surface area is 392 Å². The zero-order chi connectivity index (χ0) is 45.8. The van der Waals surface area contributed by atoms with Gasteiger partial charge in [0.1, 0.15) is 0 Å². The molecule has 0 fully saturated rings. The van der Waals surface area contributed by atoms with Gasteiger partial charge in [0, 0.05) is 12.8 Å². The summed E-state index contributed by atoms with van der Waals surface area (Å²) in [6.45, 7) is 4.79. The molecule has 0 aromatic heterocycles. The fraction of sp³-hybridized carbons (Fsp3) is 0.860. The number of carbonyl (C=O) groups excluding carboxylic acids is 2. The van der Waals surface area contributed by atoms with Crippen LogP contribution in [-0.4, -0.2) is 47.4 Å². The van der Waals surface area contributed by atoms with Crippen LogP contribution in [-0.2, 0) is 14.3 Å². The molecule has 0 aliphatic heterocycles. The predicted molar refractivity (Wildman–Crippen MR) is 273 cm³/mol. The van der Waals surface area contributed by atoms with E-state index in [1.54, 1.807) is 6.08 Å². The molecule has 0 saturated heterocycles. The molecule has 2 unspecified atom stereocenters. The number of aliphatic hydroxyl groups is 2. The summed E-state index contributed by atoms with van der Waals surface area (Å²) >= 11 is 0. The lowest BCUT2D eigenvalue weighted by atomic mass is 10.0. The second-order valence-corrected chi connectivity index (χ2v) is 18.9. The number of allylic oxidation sites excluding steroid dienone is 5. The highest BCUT2D eigenvalue weighted by atomic mass is 16.5. The fourth-order valence-electron chi connectivity index (χ4n) is 8.31. The van der Waals surface area contributed by atoms with Crippen LogP contribution in [0.2, 0.25) is 0 Å². The zero-order valence-electron chi connectivity index (χ0n) is 42.1. The fourth-order valence-corrected chi connectivity index (χ4v) is 8.31. The van der Waals surface area contributed by atoms with Gasteiger partial charge in [-0.3, -0.25) is 9.59 Å². The monoisotopic (exact) mass is 886 g/mol. The number of aliphatic hydroxyl groups excluding tert-OH is 2. The molecule has 0 spiro atoms. The first-order valence-electron chi connectivity index (χ1n) is 27.8. The van der Waals surface area contributed by atoms with Crippen LogP contribution >= 0.6 is 0 Å². The SMILES string of the molecule is CCCC/C=C\CCCCCCCC(=O)OCCCC/C=C\CCCCCCCC(=O)NC(CO)C(O)/C=C/CCCCCCCCCCCCCCCCCCCCCCCC. The van der Waals surface area contributed by atoms with Crippen molar-refractivity contribution in [1.82, 2.24) is 5.32 Å². The van der Waals surface area contributed by atoms with Crippen molar-refractivity contribution in [3.63, 3.8) is 0 Å². The third-order valence-corrected chi connectivity index (χ3v) is 12.6. The molecule has 0 aromatic rings. The Kier molecular flexibility index (Phi) is 51.1. The lowest BCUT2D eigenvalue weighted by Gasteiger charge is -2.20. The molecule has 0 radical (unpaired) electrons. The van der Waals surface area contributed by atoms with E-state index in [0.29, 0.717) is 19.4 Å². The molecule has 0 saturated carbocycles. The Hall–Kier alpha value is -1.92. The highest BCUT2D eigenvalue weighted by molar-refractivity contribution is 5.76. The summed E-state index contributed by atoms with van der Waals surface area (Å²) in [6.07, 6.45) is 64.5. The maximum atomic E-state index is 12.5. The summed E-state index contributed by atoms with van der Waals surface area (Å²) in [7, 11) is 0. The number of ether oxygens (including phenoxy) is 1. The molecule has 0 heterocycles. The van der Waals surface area contributed by atoms with Crippen LogP contribution in [0, 0.1) is 0 Å². The van der Waals surface area contributed by atoms with E-state index in [1.165, 1.54) is 180 Å². The van der Waals surface area contributed by atoms with Crippen molar-refractivity contribution in [1.29, 1.82) is 0 Å². The van der Waals surface area contributed by atoms with Gasteiger partial charge in [0.2, 0.25) is 5.91 Å². The molecule has 2 atom stereocenters. The van der Waals surface area contributed by atoms with Gasteiger partial charge in [-0.1, -0.05) is 237 Å². The van der Waals surface area contributed by atoms with Gasteiger partial charge in [0.15, 0.2) is 0 Å². The lowest BCUT2D eigenvalue weighted by molar-refractivity contribution is -0.143. The molecular weight excluding hydrogens is 779 g/mol. The number of hydrogen-bond acceptors (Lipinski definition) is 5. The summed E-state index contributed by atoms with van der Waals surface area (Å²) in [4.78, 5) is 24.4. The molecule has 0 aliphatic carbocycles. The number of rotatable bonds is 51. The molecule has 370 valence electrons. The molecule has 0 bridgehead atoms. The maximum Gasteiger partial charge on any atom is 0.305 e. The Bertz CT molecular complexity index is 1020. The second kappa shape index (κ2) is 52.7. The largest absolute Gasteiger partial charge is 0.466 e. The van der Waals surface area contributed by atoms with E-state index in [4.69, 9.17) is 4.74 Å². The summed E-state index contributed by atoms with van der Waals surface area (Å²) in [5.74, 6) is -0.140. The lowest BCUT2D eigenvalue weighted by Crippen LogP contribution is -2.45. The van der Waals surface area contributed by atoms with E-state index < -0.39 is 12.1 Å². The standard InChI is InChI=1S/C57H107NO5/c1-3-5-7-9-11-13-15-16-17-18-19-20-21-22-23-24-25-26-27-30-33-37-41-45-49-55(60)54(53-59)58-56(61)50-46-42-38-34-31-28-32-36-40-44-48-52-63-57(62)51-47-43-39-35-29-14-12-10-8-6-4-2/h10,12,32,36,45,49,54-55,59-60H,3-9,11,13-31,33-35,37-44,46-48,50-53H2,1-2H3,(H,58,61)/b12-10-,36-32-,49-45+. The van der Waals surface area contributed by atoms with Crippen LogP contribution in [0.4, 0.5) is 0 Å². The summed E-state index contributed by atoms with van der Waals surface area (Å²) < 4.78 is 5.41. The highest BCUT2D eigenvalue weighted by Gasteiger charge is 2.18. The maximum absolute atomic E-state index is 12.5. The number of unbranched alkanes of at least 4 members (excludes halogenated alkanes) is 36. The Morgan fingerprint density at radius 2 is 0.762 bits per heavy atom. The van der Waals surface area contributed by atoms with E-state index in [1.807, 2.05) is 6.08 Å². The first-order chi connectivity index (χ1) is 31.0. The smallest absolute Gasteiger partial charge is 0.305 e. The van der Waals surface area contributed by atoms with Gasteiger partial charge in [-0.15, -0.1) is 0 Å². The van der Waals surface area contributed by atoms with Crippen molar-refractivity contribution in [3.05, 3.63) is 36.5 Å². The number of nitrogens with one attached hydrogen (secondary N) is 1. The van der Waals surface area contributed by atoms with Gasteiger partial charge in [0.05, 0.1) is 25.4 Å². The van der Waals surface area contributed by atoms with Crippen molar-refractivity contribution in [2.45, 2.75) is 302 Å². The molecule has 1 amide bonds. The van der Waals surface area contributed by atoms with Gasteiger partial charge in [-0.05, 0) is 77.0 Å². The first-order valence-corrected chi connectivity index (χ1v) is 27.8. The highest BCUT2D eigenvalue weighted by Crippen LogP contribution is 2.16. The summed E-state index contributed by atoms with van der Waals surface area (Å²) in [5, 5.41) is 23.1. The molecule has 0 aromatic carbocycles. The van der Waals surface area contributed by atoms with Crippen molar-refractivity contribution in [2.75, 3.05) is 13.2 Å². The molecule has 63 heavy (non-hydrogen) atoms. The number of esters is 1. The summed E-state index contributed by atoms with van der Waals surface area (Å²) in [6, 6.07) is -0.650. The molecule has 3 N–H and O–H groups in total. The average molecular weight is 886 g/mol. The van der Waals surface area contributed by atoms with Gasteiger partial charge in [0.25, 0.3) is 0 Å². The Morgan fingerprint density at radius 1 is 0.429 bits per heavy atom. The Morgan fingerprint density at radius 3 is 1.17 bits per heavy atom. The number of amides is 1. The second-order valence-electron chi connectivity index (χ2n) is 18.9. The quantitative estimate of drug-likeness (QED) is 0.0321. The molecule has 0 rings (SSSR count). The van der Waals surface area contributed by atoms with Gasteiger partial charge < -0.3 is 20.3 Å². The van der Waals surface area contributed by atoms with Crippen molar-refractivity contribution in [3.8, 4) is 0 Å². The topological polar surface area (TPSA) is 95.9 Å².